The highest BCUT2D eigenvalue weighted by molar-refractivity contribution is 9.10. The predicted molar refractivity (Wildman–Crippen MR) is 69.0 cm³/mol. The van der Waals surface area contributed by atoms with E-state index in [1.54, 1.807) is 6.20 Å². The summed E-state index contributed by atoms with van der Waals surface area (Å²) in [6, 6.07) is 5.75. The van der Waals surface area contributed by atoms with Crippen LogP contribution in [0.25, 0.3) is 0 Å². The third-order valence-electron chi connectivity index (χ3n) is 2.30. The molecule has 0 radical (unpaired) electrons. The molecule has 0 atom stereocenters. The first-order valence-electron chi connectivity index (χ1n) is 4.84. The normalized spacial score (nSPS) is 10.4. The van der Waals surface area contributed by atoms with Gasteiger partial charge in [-0.05, 0) is 24.6 Å². The van der Waals surface area contributed by atoms with Crippen LogP contribution < -0.4 is 0 Å². The lowest BCUT2D eigenvalue weighted by molar-refractivity contribution is 0.0992. The van der Waals surface area contributed by atoms with E-state index in [-0.39, 0.29) is 5.78 Å². The van der Waals surface area contributed by atoms with E-state index in [1.165, 1.54) is 11.3 Å². The van der Waals surface area contributed by atoms with Gasteiger partial charge in [-0.3, -0.25) is 4.79 Å². The number of aromatic nitrogens is 1. The van der Waals surface area contributed by atoms with E-state index in [2.05, 4.69) is 20.9 Å². The molecule has 2 aromatic rings. The topological polar surface area (TPSA) is 30.0 Å². The van der Waals surface area contributed by atoms with Crippen LogP contribution in [-0.2, 0) is 6.42 Å². The van der Waals surface area contributed by atoms with Gasteiger partial charge in [-0.15, -0.1) is 11.3 Å². The van der Waals surface area contributed by atoms with Gasteiger partial charge in [-0.2, -0.15) is 0 Å². The number of nitrogens with zero attached hydrogens (tertiary/aromatic N) is 1. The number of carbonyl (C=O) groups excluding carboxylic acids is 1. The zero-order valence-corrected chi connectivity index (χ0v) is 11.1. The van der Waals surface area contributed by atoms with Crippen molar-refractivity contribution in [2.24, 2.45) is 0 Å². The van der Waals surface area contributed by atoms with Crippen LogP contribution >= 0.6 is 27.3 Å². The van der Waals surface area contributed by atoms with Crippen molar-refractivity contribution < 1.29 is 4.79 Å². The number of thiazole rings is 1. The standard InChI is InChI=1S/C12H10BrNOS/c1-8-2-3-9(13)6-10(8)11(15)7-12-14-4-5-16-12/h2-6H,7H2,1H3. The number of halogens is 1. The summed E-state index contributed by atoms with van der Waals surface area (Å²) in [7, 11) is 0. The lowest BCUT2D eigenvalue weighted by Gasteiger charge is -2.04. The molecule has 0 N–H and O–H groups in total. The van der Waals surface area contributed by atoms with Crippen molar-refractivity contribution in [1.29, 1.82) is 0 Å². The summed E-state index contributed by atoms with van der Waals surface area (Å²) in [4.78, 5) is 16.2. The molecule has 2 nitrogen and oxygen atoms in total. The summed E-state index contributed by atoms with van der Waals surface area (Å²) >= 11 is 4.89. The van der Waals surface area contributed by atoms with E-state index < -0.39 is 0 Å². The fraction of sp³-hybridized carbons (Fsp3) is 0.167. The number of hydrogen-bond acceptors (Lipinski definition) is 3. The van der Waals surface area contributed by atoms with Crippen molar-refractivity contribution in [3.63, 3.8) is 0 Å². The van der Waals surface area contributed by atoms with Gasteiger partial charge in [-0.25, -0.2) is 4.98 Å². The number of benzene rings is 1. The second-order valence-electron chi connectivity index (χ2n) is 3.49. The first-order chi connectivity index (χ1) is 7.66. The molecule has 0 unspecified atom stereocenters. The second-order valence-corrected chi connectivity index (χ2v) is 5.38. The molecule has 16 heavy (non-hydrogen) atoms. The molecule has 0 bridgehead atoms. The summed E-state index contributed by atoms with van der Waals surface area (Å²) in [5.74, 6) is 0.119. The molecule has 0 saturated heterocycles. The van der Waals surface area contributed by atoms with Crippen LogP contribution in [-0.4, -0.2) is 10.8 Å². The Hall–Kier alpha value is -1.00. The number of rotatable bonds is 3. The number of ketones is 1. The van der Waals surface area contributed by atoms with E-state index in [0.717, 1.165) is 20.6 Å². The highest BCUT2D eigenvalue weighted by Gasteiger charge is 2.11. The summed E-state index contributed by atoms with van der Waals surface area (Å²) < 4.78 is 0.931. The largest absolute Gasteiger partial charge is 0.294 e. The van der Waals surface area contributed by atoms with Crippen LogP contribution in [0.3, 0.4) is 0 Å². The van der Waals surface area contributed by atoms with Gasteiger partial charge in [-0.1, -0.05) is 22.0 Å². The second kappa shape index (κ2) is 4.89. The Bertz CT molecular complexity index is 508. The summed E-state index contributed by atoms with van der Waals surface area (Å²) in [5.41, 5.74) is 1.77. The third kappa shape index (κ3) is 2.57. The highest BCUT2D eigenvalue weighted by atomic mass is 79.9. The number of aryl methyl sites for hydroxylation is 1. The van der Waals surface area contributed by atoms with Crippen molar-refractivity contribution in [3.8, 4) is 0 Å². The van der Waals surface area contributed by atoms with Crippen LogP contribution in [0.2, 0.25) is 0 Å². The summed E-state index contributed by atoms with van der Waals surface area (Å²) in [6.07, 6.45) is 2.11. The van der Waals surface area contributed by atoms with Crippen LogP contribution in [0, 0.1) is 6.92 Å². The molecule has 1 heterocycles. The van der Waals surface area contributed by atoms with Crippen LogP contribution in [0.15, 0.2) is 34.2 Å². The quantitative estimate of drug-likeness (QED) is 0.809. The molecule has 1 aromatic heterocycles. The predicted octanol–water partition coefficient (Wildman–Crippen LogP) is 3.64. The maximum atomic E-state index is 12.0. The minimum Gasteiger partial charge on any atom is -0.294 e. The molecule has 2 rings (SSSR count). The fourth-order valence-corrected chi connectivity index (χ4v) is 2.44. The molecule has 0 spiro atoms. The van der Waals surface area contributed by atoms with Gasteiger partial charge in [0.1, 0.15) is 5.01 Å². The Labute approximate surface area is 106 Å². The monoisotopic (exact) mass is 295 g/mol. The van der Waals surface area contributed by atoms with Gasteiger partial charge in [0, 0.05) is 21.6 Å². The minimum atomic E-state index is 0.119. The first-order valence-corrected chi connectivity index (χ1v) is 6.52. The zero-order chi connectivity index (χ0) is 11.5. The fourth-order valence-electron chi connectivity index (χ4n) is 1.47. The van der Waals surface area contributed by atoms with E-state index in [0.29, 0.717) is 6.42 Å². The Morgan fingerprint density at radius 2 is 2.31 bits per heavy atom. The van der Waals surface area contributed by atoms with Gasteiger partial charge in [0.2, 0.25) is 0 Å². The minimum absolute atomic E-state index is 0.119. The zero-order valence-electron chi connectivity index (χ0n) is 8.74. The van der Waals surface area contributed by atoms with Crippen molar-refractivity contribution in [1.82, 2.24) is 4.98 Å². The van der Waals surface area contributed by atoms with Crippen molar-refractivity contribution in [2.75, 3.05) is 0 Å². The maximum Gasteiger partial charge on any atom is 0.169 e. The smallest absolute Gasteiger partial charge is 0.169 e. The highest BCUT2D eigenvalue weighted by Crippen LogP contribution is 2.18. The van der Waals surface area contributed by atoms with Crippen molar-refractivity contribution in [2.45, 2.75) is 13.3 Å². The molecule has 0 fully saturated rings. The lowest BCUT2D eigenvalue weighted by Crippen LogP contribution is -2.05. The molecular weight excluding hydrogens is 286 g/mol. The SMILES string of the molecule is Cc1ccc(Br)cc1C(=O)Cc1nccs1. The molecule has 0 aliphatic carbocycles. The number of Topliss-reactive ketones (excluding diaryl/α,β-unsaturated/α-hetero) is 1. The van der Waals surface area contributed by atoms with Crippen LogP contribution in [0.5, 0.6) is 0 Å². The summed E-state index contributed by atoms with van der Waals surface area (Å²) in [5, 5.41) is 2.75. The summed E-state index contributed by atoms with van der Waals surface area (Å²) in [6.45, 7) is 1.95. The van der Waals surface area contributed by atoms with Gasteiger partial charge < -0.3 is 0 Å². The molecular formula is C12H10BrNOS. The van der Waals surface area contributed by atoms with Gasteiger partial charge >= 0.3 is 0 Å². The molecule has 0 amide bonds. The number of hydrogen-bond donors (Lipinski definition) is 0. The Morgan fingerprint density at radius 1 is 1.50 bits per heavy atom. The average molecular weight is 296 g/mol. The third-order valence-corrected chi connectivity index (χ3v) is 3.57. The maximum absolute atomic E-state index is 12.0. The first kappa shape index (κ1) is 11.5. The van der Waals surface area contributed by atoms with Crippen molar-refractivity contribution in [3.05, 3.63) is 50.4 Å². The Kier molecular flexibility index (Phi) is 3.51. The molecule has 0 aliphatic rings. The molecule has 0 aliphatic heterocycles. The van der Waals surface area contributed by atoms with Gasteiger partial charge in [0.15, 0.2) is 5.78 Å². The van der Waals surface area contributed by atoms with Gasteiger partial charge in [0.05, 0.1) is 6.42 Å². The average Bonchev–Trinajstić information content (AvgIpc) is 2.74. The van der Waals surface area contributed by atoms with E-state index >= 15 is 0 Å². The van der Waals surface area contributed by atoms with Crippen molar-refractivity contribution >= 4 is 33.0 Å². The van der Waals surface area contributed by atoms with E-state index in [4.69, 9.17) is 0 Å². The molecule has 0 saturated carbocycles. The van der Waals surface area contributed by atoms with E-state index in [1.807, 2.05) is 30.5 Å². The molecule has 82 valence electrons. The van der Waals surface area contributed by atoms with Crippen LogP contribution in [0.1, 0.15) is 20.9 Å². The lowest BCUT2D eigenvalue weighted by atomic mass is 10.0. The Balaban J connectivity index is 2.24. The van der Waals surface area contributed by atoms with Crippen LogP contribution in [0.4, 0.5) is 0 Å². The molecule has 1 aromatic carbocycles. The number of carbonyl (C=O) groups is 1. The molecule has 4 heteroatoms. The van der Waals surface area contributed by atoms with Gasteiger partial charge in [0.25, 0.3) is 0 Å². The van der Waals surface area contributed by atoms with E-state index in [9.17, 15) is 4.79 Å². The Morgan fingerprint density at radius 3 is 3.00 bits per heavy atom.